The number of hydrogen-bond acceptors (Lipinski definition) is 2. The third kappa shape index (κ3) is 4.68. The van der Waals surface area contributed by atoms with Crippen molar-refractivity contribution >= 4 is 5.96 Å². The van der Waals surface area contributed by atoms with Gasteiger partial charge in [-0.25, -0.2) is 0 Å². The molecule has 0 aliphatic heterocycles. The molecule has 2 saturated carbocycles. The lowest BCUT2D eigenvalue weighted by atomic mass is 9.85. The highest BCUT2D eigenvalue weighted by Crippen LogP contribution is 2.44. The van der Waals surface area contributed by atoms with Crippen LogP contribution in [0, 0.1) is 11.8 Å². The summed E-state index contributed by atoms with van der Waals surface area (Å²) in [6.45, 7) is 4.44. The fourth-order valence-electron chi connectivity index (χ4n) is 3.21. The molecule has 2 rings (SSSR count). The van der Waals surface area contributed by atoms with Gasteiger partial charge in [0.1, 0.15) is 0 Å². The van der Waals surface area contributed by atoms with Gasteiger partial charge >= 0.3 is 0 Å². The maximum Gasteiger partial charge on any atom is 0.191 e. The van der Waals surface area contributed by atoms with Gasteiger partial charge in [-0.2, -0.15) is 0 Å². The zero-order valence-corrected chi connectivity index (χ0v) is 12.5. The first kappa shape index (κ1) is 14.6. The van der Waals surface area contributed by atoms with Crippen molar-refractivity contribution in [2.24, 2.45) is 16.8 Å². The second-order valence-electron chi connectivity index (χ2n) is 5.80. The van der Waals surface area contributed by atoms with Gasteiger partial charge in [0.15, 0.2) is 5.96 Å². The topological polar surface area (TPSA) is 45.7 Å². The number of hydrogen-bond donors (Lipinski definition) is 2. The smallest absolute Gasteiger partial charge is 0.191 e. The Morgan fingerprint density at radius 1 is 1.26 bits per heavy atom. The highest BCUT2D eigenvalue weighted by molar-refractivity contribution is 5.80. The lowest BCUT2D eigenvalue weighted by molar-refractivity contribution is 0.208. The normalized spacial score (nSPS) is 28.2. The molecule has 0 amide bonds. The van der Waals surface area contributed by atoms with Crippen molar-refractivity contribution in [2.75, 3.05) is 26.8 Å². The minimum absolute atomic E-state index is 0.656. The van der Waals surface area contributed by atoms with Crippen LogP contribution in [-0.2, 0) is 4.74 Å². The van der Waals surface area contributed by atoms with Gasteiger partial charge in [0.2, 0.25) is 0 Å². The summed E-state index contributed by atoms with van der Waals surface area (Å²) in [5.74, 6) is 2.82. The largest absolute Gasteiger partial charge is 0.383 e. The lowest BCUT2D eigenvalue weighted by Crippen LogP contribution is -2.39. The summed E-state index contributed by atoms with van der Waals surface area (Å²) in [4.78, 5) is 4.53. The zero-order valence-electron chi connectivity index (χ0n) is 12.5. The molecule has 2 fully saturated rings. The first-order chi connectivity index (χ1) is 9.35. The number of nitrogens with zero attached hydrogens (tertiary/aromatic N) is 1. The Balaban J connectivity index is 1.74. The minimum atomic E-state index is 0.656. The van der Waals surface area contributed by atoms with Crippen molar-refractivity contribution in [1.82, 2.24) is 10.6 Å². The summed E-state index contributed by atoms with van der Waals surface area (Å²) >= 11 is 0. The number of aliphatic imine (C=N–C) groups is 1. The second kappa shape index (κ2) is 7.73. The van der Waals surface area contributed by atoms with Gasteiger partial charge in [-0.05, 0) is 25.2 Å². The second-order valence-corrected chi connectivity index (χ2v) is 5.80. The molecule has 0 aromatic rings. The number of guanidine groups is 1. The number of nitrogens with one attached hydrogen (secondary N) is 2. The first-order valence-corrected chi connectivity index (χ1v) is 7.89. The van der Waals surface area contributed by atoms with Gasteiger partial charge in [0, 0.05) is 19.7 Å². The number of rotatable bonds is 6. The maximum atomic E-state index is 5.04. The van der Waals surface area contributed by atoms with Gasteiger partial charge in [0.25, 0.3) is 0 Å². The molecule has 0 bridgehead atoms. The third-order valence-electron chi connectivity index (χ3n) is 4.33. The molecule has 2 unspecified atom stereocenters. The molecule has 0 aromatic carbocycles. The predicted octanol–water partition coefficient (Wildman–Crippen LogP) is 2.16. The van der Waals surface area contributed by atoms with E-state index in [4.69, 9.17) is 4.74 Å². The Labute approximate surface area is 117 Å². The van der Waals surface area contributed by atoms with Gasteiger partial charge in [-0.1, -0.05) is 32.1 Å². The quantitative estimate of drug-likeness (QED) is 0.440. The molecule has 0 heterocycles. The first-order valence-electron chi connectivity index (χ1n) is 7.89. The van der Waals surface area contributed by atoms with E-state index in [1.807, 2.05) is 0 Å². The average Bonchev–Trinajstić information content (AvgIpc) is 3.19. The van der Waals surface area contributed by atoms with E-state index in [9.17, 15) is 0 Å². The van der Waals surface area contributed by atoms with E-state index >= 15 is 0 Å². The Bertz CT molecular complexity index is 287. The summed E-state index contributed by atoms with van der Waals surface area (Å²) < 4.78 is 5.04. The van der Waals surface area contributed by atoms with Crippen molar-refractivity contribution in [3.8, 4) is 0 Å². The average molecular weight is 267 g/mol. The molecule has 4 nitrogen and oxygen atoms in total. The number of ether oxygens (including phenoxy) is 1. The highest BCUT2D eigenvalue weighted by Gasteiger charge is 2.43. The Kier molecular flexibility index (Phi) is 5.95. The van der Waals surface area contributed by atoms with Crippen LogP contribution in [0.5, 0.6) is 0 Å². The van der Waals surface area contributed by atoms with Crippen LogP contribution in [0.15, 0.2) is 4.99 Å². The molecule has 110 valence electrons. The van der Waals surface area contributed by atoms with Crippen molar-refractivity contribution < 1.29 is 4.74 Å². The van der Waals surface area contributed by atoms with Crippen molar-refractivity contribution in [3.63, 3.8) is 0 Å². The molecule has 2 aliphatic rings. The maximum absolute atomic E-state index is 5.04. The molecule has 2 atom stereocenters. The molecule has 2 N–H and O–H groups in total. The molecular formula is C15H29N3O. The van der Waals surface area contributed by atoms with E-state index in [0.29, 0.717) is 12.6 Å². The van der Waals surface area contributed by atoms with Crippen LogP contribution in [0.2, 0.25) is 0 Å². The van der Waals surface area contributed by atoms with Gasteiger partial charge in [-0.3, -0.25) is 4.99 Å². The summed E-state index contributed by atoms with van der Waals surface area (Å²) in [5.41, 5.74) is 0. The number of methoxy groups -OCH3 is 1. The summed E-state index contributed by atoms with van der Waals surface area (Å²) in [5, 5.41) is 6.90. The SMILES string of the molecule is CCNC(=NCCOC)NC1CC1C1CCCCC1. The Morgan fingerprint density at radius 3 is 2.74 bits per heavy atom. The van der Waals surface area contributed by atoms with Crippen LogP contribution in [0.1, 0.15) is 45.4 Å². The van der Waals surface area contributed by atoms with Crippen LogP contribution in [0.25, 0.3) is 0 Å². The van der Waals surface area contributed by atoms with E-state index in [1.165, 1.54) is 38.5 Å². The minimum Gasteiger partial charge on any atom is -0.383 e. The van der Waals surface area contributed by atoms with Crippen LogP contribution < -0.4 is 10.6 Å². The monoisotopic (exact) mass is 267 g/mol. The van der Waals surface area contributed by atoms with Crippen LogP contribution in [-0.4, -0.2) is 38.8 Å². The van der Waals surface area contributed by atoms with Gasteiger partial charge in [-0.15, -0.1) is 0 Å². The molecule has 0 aromatic heterocycles. The van der Waals surface area contributed by atoms with Crippen LogP contribution >= 0.6 is 0 Å². The Morgan fingerprint density at radius 2 is 2.05 bits per heavy atom. The fraction of sp³-hybridized carbons (Fsp3) is 0.933. The van der Waals surface area contributed by atoms with E-state index in [1.54, 1.807) is 7.11 Å². The highest BCUT2D eigenvalue weighted by atomic mass is 16.5. The molecule has 0 saturated heterocycles. The summed E-state index contributed by atoms with van der Waals surface area (Å²) in [6, 6.07) is 0.656. The predicted molar refractivity (Wildman–Crippen MR) is 79.5 cm³/mol. The molecule has 0 spiro atoms. The lowest BCUT2D eigenvalue weighted by Gasteiger charge is -2.22. The van der Waals surface area contributed by atoms with Crippen molar-refractivity contribution in [3.05, 3.63) is 0 Å². The van der Waals surface area contributed by atoms with Crippen molar-refractivity contribution in [2.45, 2.75) is 51.5 Å². The third-order valence-corrected chi connectivity index (χ3v) is 4.33. The van der Waals surface area contributed by atoms with E-state index in [2.05, 4.69) is 22.5 Å². The molecular weight excluding hydrogens is 238 g/mol. The fourth-order valence-corrected chi connectivity index (χ4v) is 3.21. The van der Waals surface area contributed by atoms with E-state index in [0.717, 1.165) is 30.9 Å². The van der Waals surface area contributed by atoms with E-state index < -0.39 is 0 Å². The zero-order chi connectivity index (χ0) is 13.5. The Hall–Kier alpha value is -0.770. The summed E-state index contributed by atoms with van der Waals surface area (Å²) in [6.07, 6.45) is 8.55. The molecule has 0 radical (unpaired) electrons. The van der Waals surface area contributed by atoms with E-state index in [-0.39, 0.29) is 0 Å². The standard InChI is InChI=1S/C15H29N3O/c1-3-16-15(17-9-10-19-2)18-14-11-13(14)12-7-5-4-6-8-12/h12-14H,3-11H2,1-2H3,(H2,16,17,18). The van der Waals surface area contributed by atoms with Gasteiger partial charge in [0.05, 0.1) is 13.2 Å². The summed E-state index contributed by atoms with van der Waals surface area (Å²) in [7, 11) is 1.72. The van der Waals surface area contributed by atoms with Crippen LogP contribution in [0.4, 0.5) is 0 Å². The molecule has 4 heteroatoms. The van der Waals surface area contributed by atoms with Gasteiger partial charge < -0.3 is 15.4 Å². The van der Waals surface area contributed by atoms with Crippen molar-refractivity contribution in [1.29, 1.82) is 0 Å². The molecule has 2 aliphatic carbocycles. The molecule has 19 heavy (non-hydrogen) atoms. The van der Waals surface area contributed by atoms with Crippen LogP contribution in [0.3, 0.4) is 0 Å².